The number of aromatic nitrogens is 2. The summed E-state index contributed by atoms with van der Waals surface area (Å²) >= 11 is 0. The fraction of sp³-hybridized carbons (Fsp3) is 0.231. The van der Waals surface area contributed by atoms with Gasteiger partial charge < -0.3 is 10.4 Å². The molecule has 0 fully saturated rings. The fourth-order valence-corrected chi connectivity index (χ4v) is 1.62. The molecule has 0 bridgehead atoms. The van der Waals surface area contributed by atoms with E-state index >= 15 is 0 Å². The Balaban J connectivity index is 2.29. The largest absolute Gasteiger partial charge is 0.341 e. The van der Waals surface area contributed by atoms with Crippen molar-refractivity contribution in [3.8, 4) is 11.3 Å². The summed E-state index contributed by atoms with van der Waals surface area (Å²) in [6.07, 6.45) is 4.13. The molecule has 2 rings (SSSR count). The van der Waals surface area contributed by atoms with Crippen molar-refractivity contribution in [1.29, 1.82) is 5.41 Å². The zero-order valence-corrected chi connectivity index (χ0v) is 9.20. The first-order valence-corrected chi connectivity index (χ1v) is 5.37. The quantitative estimate of drug-likeness (QED) is 0.752. The summed E-state index contributed by atoms with van der Waals surface area (Å²) in [5.74, 6) is 0.942. The molecule has 0 amide bonds. The number of nitrogens with zero attached hydrogens (tertiary/aromatic N) is 1. The third-order valence-corrected chi connectivity index (χ3v) is 2.61. The Kier molecular flexibility index (Phi) is 3.15. The molecule has 3 nitrogen and oxygen atoms in total. The summed E-state index contributed by atoms with van der Waals surface area (Å²) in [6.45, 7) is 2.05. The summed E-state index contributed by atoms with van der Waals surface area (Å²) in [5.41, 5.74) is 2.05. The molecule has 2 N–H and O–H groups in total. The minimum absolute atomic E-state index is 0.0847. The van der Waals surface area contributed by atoms with Crippen LogP contribution in [-0.4, -0.2) is 16.2 Å². The predicted molar refractivity (Wildman–Crippen MR) is 64.7 cm³/mol. The Morgan fingerprint density at radius 2 is 2.50 bits per heavy atom. The van der Waals surface area contributed by atoms with Gasteiger partial charge in [0.05, 0.1) is 17.8 Å². The predicted octanol–water partition coefficient (Wildman–Crippen LogP) is 3.02. The second-order valence-corrected chi connectivity index (χ2v) is 3.66. The van der Waals surface area contributed by atoms with Gasteiger partial charge in [0.2, 0.25) is 0 Å². The average Bonchev–Trinajstić information content (AvgIpc) is 2.81. The Bertz CT molecular complexity index is 459. The minimum atomic E-state index is 0.0847. The second kappa shape index (κ2) is 4.75. The highest BCUT2D eigenvalue weighted by Gasteiger charge is 2.10. The van der Waals surface area contributed by atoms with E-state index in [4.69, 9.17) is 5.41 Å². The van der Waals surface area contributed by atoms with Gasteiger partial charge in [-0.15, -0.1) is 0 Å². The summed E-state index contributed by atoms with van der Waals surface area (Å²) < 4.78 is 0. The Labute approximate surface area is 95.1 Å². The maximum atomic E-state index is 7.32. The first kappa shape index (κ1) is 10.6. The van der Waals surface area contributed by atoms with E-state index in [1.54, 1.807) is 0 Å². The number of aromatic amines is 1. The van der Waals surface area contributed by atoms with Crippen LogP contribution >= 0.6 is 0 Å². The van der Waals surface area contributed by atoms with Gasteiger partial charge in [-0.2, -0.15) is 0 Å². The molecule has 1 aromatic heterocycles. The van der Waals surface area contributed by atoms with E-state index in [1.165, 1.54) is 6.21 Å². The highest BCUT2D eigenvalue weighted by molar-refractivity contribution is 5.64. The smallest absolute Gasteiger partial charge is 0.114 e. The molecule has 16 heavy (non-hydrogen) atoms. The standard InChI is InChI=1S/C13H14N3/c1-2-10(8-14)13-15-9-12(16-13)11-6-4-3-5-7-11/h3-4,6-10,14H,2H2,1H3,(H,15,16)/t10-/m0/s1. The van der Waals surface area contributed by atoms with Gasteiger partial charge in [0, 0.05) is 11.8 Å². The van der Waals surface area contributed by atoms with Crippen molar-refractivity contribution in [3.05, 3.63) is 42.4 Å². The van der Waals surface area contributed by atoms with Crippen molar-refractivity contribution in [2.24, 2.45) is 0 Å². The molecule has 1 heterocycles. The molecule has 3 heteroatoms. The summed E-state index contributed by atoms with van der Waals surface area (Å²) in [7, 11) is 0. The highest BCUT2D eigenvalue weighted by atomic mass is 14.9. The molecular weight excluding hydrogens is 198 g/mol. The lowest BCUT2D eigenvalue weighted by Gasteiger charge is -2.03. The van der Waals surface area contributed by atoms with Crippen LogP contribution in [0, 0.1) is 11.5 Å². The average molecular weight is 212 g/mol. The SMILES string of the molecule is CC[C@@H](C=N)c1ncc(-c2c[c]ccc2)[nH]1. The van der Waals surface area contributed by atoms with E-state index < -0.39 is 0 Å². The van der Waals surface area contributed by atoms with Gasteiger partial charge >= 0.3 is 0 Å². The van der Waals surface area contributed by atoms with E-state index in [0.717, 1.165) is 23.5 Å². The molecule has 0 aliphatic carbocycles. The van der Waals surface area contributed by atoms with Gasteiger partial charge in [-0.25, -0.2) is 4.98 Å². The van der Waals surface area contributed by atoms with Crippen molar-refractivity contribution < 1.29 is 0 Å². The monoisotopic (exact) mass is 212 g/mol. The second-order valence-electron chi connectivity index (χ2n) is 3.66. The van der Waals surface area contributed by atoms with Gasteiger partial charge in [-0.1, -0.05) is 25.1 Å². The van der Waals surface area contributed by atoms with Crippen LogP contribution in [0.3, 0.4) is 0 Å². The first-order chi connectivity index (χ1) is 7.85. The third kappa shape index (κ3) is 2.03. The van der Waals surface area contributed by atoms with Gasteiger partial charge in [0.1, 0.15) is 5.82 Å². The van der Waals surface area contributed by atoms with Crippen LogP contribution in [-0.2, 0) is 0 Å². The molecule has 1 atom stereocenters. The van der Waals surface area contributed by atoms with Crippen LogP contribution in [0.15, 0.2) is 30.5 Å². The number of imidazole rings is 1. The number of rotatable bonds is 4. The molecule has 2 aromatic rings. The molecule has 0 aliphatic rings. The number of hydrogen-bond acceptors (Lipinski definition) is 2. The Morgan fingerprint density at radius 1 is 1.62 bits per heavy atom. The van der Waals surface area contributed by atoms with Crippen molar-refractivity contribution in [2.45, 2.75) is 19.3 Å². The van der Waals surface area contributed by atoms with Crippen LogP contribution < -0.4 is 0 Å². The highest BCUT2D eigenvalue weighted by Crippen LogP contribution is 2.20. The molecule has 0 saturated carbocycles. The maximum absolute atomic E-state index is 7.32. The third-order valence-electron chi connectivity index (χ3n) is 2.61. The molecule has 1 aromatic carbocycles. The van der Waals surface area contributed by atoms with Crippen molar-refractivity contribution in [2.75, 3.05) is 0 Å². The van der Waals surface area contributed by atoms with Crippen molar-refractivity contribution >= 4 is 6.21 Å². The molecule has 1 radical (unpaired) electrons. The topological polar surface area (TPSA) is 52.5 Å². The number of nitrogens with one attached hydrogen (secondary N) is 2. The molecule has 0 aliphatic heterocycles. The van der Waals surface area contributed by atoms with Crippen molar-refractivity contribution in [3.63, 3.8) is 0 Å². The molecule has 0 spiro atoms. The van der Waals surface area contributed by atoms with Crippen LogP contribution in [0.5, 0.6) is 0 Å². The summed E-state index contributed by atoms with van der Waals surface area (Å²) in [5, 5.41) is 7.32. The van der Waals surface area contributed by atoms with E-state index in [-0.39, 0.29) is 5.92 Å². The molecular formula is C13H14N3. The number of hydrogen-bond donors (Lipinski definition) is 2. The van der Waals surface area contributed by atoms with Crippen LogP contribution in [0.4, 0.5) is 0 Å². The van der Waals surface area contributed by atoms with Crippen LogP contribution in [0.25, 0.3) is 11.3 Å². The normalized spacial score (nSPS) is 12.3. The van der Waals surface area contributed by atoms with Gasteiger partial charge in [0.25, 0.3) is 0 Å². The van der Waals surface area contributed by atoms with E-state index in [2.05, 4.69) is 16.0 Å². The molecule has 0 saturated heterocycles. The van der Waals surface area contributed by atoms with E-state index in [0.29, 0.717) is 0 Å². The Hall–Kier alpha value is -1.90. The van der Waals surface area contributed by atoms with Gasteiger partial charge in [-0.05, 0) is 18.6 Å². The fourth-order valence-electron chi connectivity index (χ4n) is 1.62. The van der Waals surface area contributed by atoms with Crippen molar-refractivity contribution in [1.82, 2.24) is 9.97 Å². The van der Waals surface area contributed by atoms with Gasteiger partial charge in [-0.3, -0.25) is 0 Å². The van der Waals surface area contributed by atoms with E-state index in [9.17, 15) is 0 Å². The zero-order valence-electron chi connectivity index (χ0n) is 9.20. The summed E-state index contributed by atoms with van der Waals surface area (Å²) in [6, 6.07) is 10.8. The Morgan fingerprint density at radius 3 is 3.12 bits per heavy atom. The van der Waals surface area contributed by atoms with E-state index in [1.807, 2.05) is 37.4 Å². The lowest BCUT2D eigenvalue weighted by molar-refractivity contribution is 0.798. The lowest BCUT2D eigenvalue weighted by Crippen LogP contribution is -2.00. The minimum Gasteiger partial charge on any atom is -0.341 e. The molecule has 0 unspecified atom stereocenters. The van der Waals surface area contributed by atoms with Crippen LogP contribution in [0.1, 0.15) is 25.1 Å². The summed E-state index contributed by atoms with van der Waals surface area (Å²) in [4.78, 5) is 7.56. The maximum Gasteiger partial charge on any atom is 0.114 e. The lowest BCUT2D eigenvalue weighted by atomic mass is 10.1. The van der Waals surface area contributed by atoms with Gasteiger partial charge in [0.15, 0.2) is 0 Å². The number of H-pyrrole nitrogens is 1. The zero-order chi connectivity index (χ0) is 11.4. The number of benzene rings is 1. The molecule has 81 valence electrons. The first-order valence-electron chi connectivity index (χ1n) is 5.37. The van der Waals surface area contributed by atoms with Crippen LogP contribution in [0.2, 0.25) is 0 Å².